The van der Waals surface area contributed by atoms with Gasteiger partial charge in [-0.05, 0) is 43.3 Å². The molecule has 1 N–H and O–H groups in total. The lowest BCUT2D eigenvalue weighted by molar-refractivity contribution is 0.544. The third-order valence-electron chi connectivity index (χ3n) is 1.91. The summed E-state index contributed by atoms with van der Waals surface area (Å²) in [4.78, 5) is 1.51. The molecule has 0 atom stereocenters. The smallest absolute Gasteiger partial charge is 0.00457 e. The summed E-state index contributed by atoms with van der Waals surface area (Å²) >= 11 is 1.86. The second-order valence-corrected chi connectivity index (χ2v) is 4.81. The fourth-order valence-corrected chi connectivity index (χ4v) is 1.98. The second kappa shape index (κ2) is 6.17. The zero-order chi connectivity index (χ0) is 9.52. The molecule has 0 amide bonds. The SMILES string of the molecule is CC(C)CNCCCc1cccs1. The van der Waals surface area contributed by atoms with Crippen LogP contribution in [0.25, 0.3) is 0 Å². The lowest BCUT2D eigenvalue weighted by Gasteiger charge is -2.06. The molecular formula is C11H19NS. The van der Waals surface area contributed by atoms with Crippen molar-refractivity contribution in [3.8, 4) is 0 Å². The van der Waals surface area contributed by atoms with Crippen LogP contribution in [0.2, 0.25) is 0 Å². The molecule has 1 heterocycles. The summed E-state index contributed by atoms with van der Waals surface area (Å²) in [7, 11) is 0. The molecule has 13 heavy (non-hydrogen) atoms. The Bertz CT molecular complexity index is 204. The predicted molar refractivity (Wildman–Crippen MR) is 60.3 cm³/mol. The molecule has 0 fully saturated rings. The van der Waals surface area contributed by atoms with Crippen molar-refractivity contribution in [1.29, 1.82) is 0 Å². The van der Waals surface area contributed by atoms with Gasteiger partial charge in [0.05, 0.1) is 0 Å². The van der Waals surface area contributed by atoms with E-state index in [1.54, 1.807) is 0 Å². The van der Waals surface area contributed by atoms with Crippen LogP contribution in [0.15, 0.2) is 17.5 Å². The highest BCUT2D eigenvalue weighted by Crippen LogP contribution is 2.10. The Morgan fingerprint density at radius 1 is 1.46 bits per heavy atom. The molecule has 0 radical (unpaired) electrons. The van der Waals surface area contributed by atoms with Crippen LogP contribution in [0.5, 0.6) is 0 Å². The number of thiophene rings is 1. The second-order valence-electron chi connectivity index (χ2n) is 3.78. The first-order chi connectivity index (χ1) is 6.29. The summed E-state index contributed by atoms with van der Waals surface area (Å²) in [5.41, 5.74) is 0. The van der Waals surface area contributed by atoms with E-state index in [2.05, 4.69) is 36.7 Å². The van der Waals surface area contributed by atoms with E-state index in [9.17, 15) is 0 Å². The number of aryl methyl sites for hydroxylation is 1. The molecule has 0 saturated carbocycles. The summed E-state index contributed by atoms with van der Waals surface area (Å²) in [5, 5.41) is 5.60. The fraction of sp³-hybridized carbons (Fsp3) is 0.636. The highest BCUT2D eigenvalue weighted by molar-refractivity contribution is 7.09. The van der Waals surface area contributed by atoms with E-state index < -0.39 is 0 Å². The lowest BCUT2D eigenvalue weighted by Crippen LogP contribution is -2.20. The van der Waals surface area contributed by atoms with Crippen LogP contribution in [-0.2, 0) is 6.42 Å². The van der Waals surface area contributed by atoms with Gasteiger partial charge in [0.15, 0.2) is 0 Å². The molecule has 0 unspecified atom stereocenters. The van der Waals surface area contributed by atoms with Gasteiger partial charge in [0.2, 0.25) is 0 Å². The van der Waals surface area contributed by atoms with Crippen molar-refractivity contribution in [2.75, 3.05) is 13.1 Å². The van der Waals surface area contributed by atoms with Crippen molar-refractivity contribution in [3.63, 3.8) is 0 Å². The summed E-state index contributed by atoms with van der Waals surface area (Å²) in [6, 6.07) is 4.34. The molecule has 2 heteroatoms. The van der Waals surface area contributed by atoms with E-state index in [0.29, 0.717) is 0 Å². The molecule has 1 aromatic heterocycles. The normalized spacial score (nSPS) is 11.0. The minimum Gasteiger partial charge on any atom is -0.316 e. The average molecular weight is 197 g/mol. The maximum atomic E-state index is 3.45. The number of hydrogen-bond acceptors (Lipinski definition) is 2. The van der Waals surface area contributed by atoms with E-state index in [1.807, 2.05) is 11.3 Å². The van der Waals surface area contributed by atoms with Crippen molar-refractivity contribution in [1.82, 2.24) is 5.32 Å². The third kappa shape index (κ3) is 5.06. The highest BCUT2D eigenvalue weighted by atomic mass is 32.1. The zero-order valence-corrected chi connectivity index (χ0v) is 9.36. The van der Waals surface area contributed by atoms with Crippen LogP contribution in [-0.4, -0.2) is 13.1 Å². The first-order valence-electron chi connectivity index (χ1n) is 5.02. The maximum Gasteiger partial charge on any atom is 0.00457 e. The van der Waals surface area contributed by atoms with Crippen LogP contribution >= 0.6 is 11.3 Å². The molecule has 1 aromatic rings. The van der Waals surface area contributed by atoms with Crippen LogP contribution in [0, 0.1) is 5.92 Å². The number of nitrogens with one attached hydrogen (secondary N) is 1. The maximum absolute atomic E-state index is 3.45. The van der Waals surface area contributed by atoms with E-state index >= 15 is 0 Å². The largest absolute Gasteiger partial charge is 0.316 e. The van der Waals surface area contributed by atoms with Gasteiger partial charge in [-0.15, -0.1) is 11.3 Å². The van der Waals surface area contributed by atoms with E-state index in [1.165, 1.54) is 17.7 Å². The monoisotopic (exact) mass is 197 g/mol. The van der Waals surface area contributed by atoms with Gasteiger partial charge in [-0.25, -0.2) is 0 Å². The molecule has 0 saturated heterocycles. The van der Waals surface area contributed by atoms with Crippen LogP contribution < -0.4 is 5.32 Å². The molecule has 1 rings (SSSR count). The average Bonchev–Trinajstić information content (AvgIpc) is 2.55. The highest BCUT2D eigenvalue weighted by Gasteiger charge is 1.94. The quantitative estimate of drug-likeness (QED) is 0.691. The molecule has 0 aliphatic carbocycles. The van der Waals surface area contributed by atoms with Crippen molar-refractivity contribution in [2.45, 2.75) is 26.7 Å². The predicted octanol–water partition coefficient (Wildman–Crippen LogP) is 2.93. The summed E-state index contributed by atoms with van der Waals surface area (Å²) < 4.78 is 0. The Kier molecular flexibility index (Phi) is 5.09. The minimum atomic E-state index is 0.765. The van der Waals surface area contributed by atoms with Gasteiger partial charge in [0.25, 0.3) is 0 Å². The van der Waals surface area contributed by atoms with E-state index in [4.69, 9.17) is 0 Å². The molecule has 1 nitrogen and oxygen atoms in total. The summed E-state index contributed by atoms with van der Waals surface area (Å²) in [6.07, 6.45) is 2.48. The summed E-state index contributed by atoms with van der Waals surface area (Å²) in [6.45, 7) is 6.78. The van der Waals surface area contributed by atoms with Crippen molar-refractivity contribution >= 4 is 11.3 Å². The minimum absolute atomic E-state index is 0.765. The van der Waals surface area contributed by atoms with E-state index in [0.717, 1.165) is 19.0 Å². The molecule has 0 aromatic carbocycles. The van der Waals surface area contributed by atoms with Crippen molar-refractivity contribution in [2.24, 2.45) is 5.92 Å². The molecule has 0 aliphatic heterocycles. The van der Waals surface area contributed by atoms with Gasteiger partial charge in [-0.1, -0.05) is 19.9 Å². The van der Waals surface area contributed by atoms with Gasteiger partial charge in [0, 0.05) is 4.88 Å². The first kappa shape index (κ1) is 10.7. The Morgan fingerprint density at radius 3 is 2.92 bits per heavy atom. The van der Waals surface area contributed by atoms with Crippen molar-refractivity contribution in [3.05, 3.63) is 22.4 Å². The van der Waals surface area contributed by atoms with Crippen molar-refractivity contribution < 1.29 is 0 Å². The standard InChI is InChI=1S/C11H19NS/c1-10(2)9-12-7-3-5-11-6-4-8-13-11/h4,6,8,10,12H,3,5,7,9H2,1-2H3. The molecule has 0 bridgehead atoms. The molecular weight excluding hydrogens is 178 g/mol. The Labute approximate surface area is 85.2 Å². The third-order valence-corrected chi connectivity index (χ3v) is 2.85. The van der Waals surface area contributed by atoms with Crippen LogP contribution in [0.1, 0.15) is 25.1 Å². The van der Waals surface area contributed by atoms with Crippen LogP contribution in [0.3, 0.4) is 0 Å². The van der Waals surface area contributed by atoms with Gasteiger partial charge in [-0.3, -0.25) is 0 Å². The fourth-order valence-electron chi connectivity index (χ4n) is 1.23. The first-order valence-corrected chi connectivity index (χ1v) is 5.90. The lowest BCUT2D eigenvalue weighted by atomic mass is 10.2. The number of hydrogen-bond donors (Lipinski definition) is 1. The Hall–Kier alpha value is -0.340. The Morgan fingerprint density at radius 2 is 2.31 bits per heavy atom. The van der Waals surface area contributed by atoms with Gasteiger partial charge in [0.1, 0.15) is 0 Å². The van der Waals surface area contributed by atoms with E-state index in [-0.39, 0.29) is 0 Å². The molecule has 0 spiro atoms. The van der Waals surface area contributed by atoms with Gasteiger partial charge >= 0.3 is 0 Å². The number of rotatable bonds is 6. The Balaban J connectivity index is 1.96. The zero-order valence-electron chi connectivity index (χ0n) is 8.55. The van der Waals surface area contributed by atoms with Crippen LogP contribution in [0.4, 0.5) is 0 Å². The van der Waals surface area contributed by atoms with Gasteiger partial charge < -0.3 is 5.32 Å². The van der Waals surface area contributed by atoms with Gasteiger partial charge in [-0.2, -0.15) is 0 Å². The molecule has 0 aliphatic rings. The molecule has 74 valence electrons. The summed E-state index contributed by atoms with van der Waals surface area (Å²) in [5.74, 6) is 0.765. The topological polar surface area (TPSA) is 12.0 Å².